The maximum atomic E-state index is 11.7. The molecule has 116 valence electrons. The zero-order valence-corrected chi connectivity index (χ0v) is 14.1. The molecule has 0 radical (unpaired) electrons. The molecule has 0 atom stereocenters. The fourth-order valence-electron chi connectivity index (χ4n) is 1.57. The van der Waals surface area contributed by atoms with Gasteiger partial charge in [-0.3, -0.25) is 9.59 Å². The summed E-state index contributed by atoms with van der Waals surface area (Å²) >= 11 is 4.78. The molecule has 22 heavy (non-hydrogen) atoms. The van der Waals surface area contributed by atoms with Gasteiger partial charge in [0.15, 0.2) is 0 Å². The highest BCUT2D eigenvalue weighted by Gasteiger charge is 2.07. The Labute approximate surface area is 141 Å². The van der Waals surface area contributed by atoms with E-state index >= 15 is 0 Å². The van der Waals surface area contributed by atoms with E-state index in [9.17, 15) is 9.59 Å². The van der Waals surface area contributed by atoms with Crippen LogP contribution in [0.2, 0.25) is 0 Å². The Hall–Kier alpha value is -1.73. The minimum absolute atomic E-state index is 0.0412. The molecule has 0 aliphatic heterocycles. The smallest absolute Gasteiger partial charge is 0.239 e. The van der Waals surface area contributed by atoms with E-state index < -0.39 is 0 Å². The lowest BCUT2D eigenvalue weighted by Crippen LogP contribution is -2.37. The number of halogens is 1. The van der Waals surface area contributed by atoms with Gasteiger partial charge in [-0.25, -0.2) is 0 Å². The van der Waals surface area contributed by atoms with Crippen molar-refractivity contribution in [1.82, 2.24) is 10.6 Å². The first-order valence-corrected chi connectivity index (χ1v) is 8.35. The number of amides is 2. The van der Waals surface area contributed by atoms with E-state index in [1.807, 2.05) is 24.3 Å². The number of benzene rings is 1. The van der Waals surface area contributed by atoms with Gasteiger partial charge in [0.1, 0.15) is 5.76 Å². The predicted molar refractivity (Wildman–Crippen MR) is 88.4 cm³/mol. The van der Waals surface area contributed by atoms with E-state index in [1.165, 1.54) is 11.8 Å². The van der Waals surface area contributed by atoms with Gasteiger partial charge in [0, 0.05) is 9.37 Å². The van der Waals surface area contributed by atoms with Crippen LogP contribution >= 0.6 is 27.7 Å². The lowest BCUT2D eigenvalue weighted by atomic mass is 10.4. The molecule has 7 heteroatoms. The van der Waals surface area contributed by atoms with Crippen LogP contribution in [-0.2, 0) is 16.1 Å². The predicted octanol–water partition coefficient (Wildman–Crippen LogP) is 2.57. The van der Waals surface area contributed by atoms with Gasteiger partial charge in [-0.2, -0.15) is 0 Å². The molecule has 1 aromatic carbocycles. The summed E-state index contributed by atoms with van der Waals surface area (Å²) < 4.78 is 6.09. The van der Waals surface area contributed by atoms with Crippen LogP contribution in [0.5, 0.6) is 0 Å². The van der Waals surface area contributed by atoms with Crippen molar-refractivity contribution in [3.63, 3.8) is 0 Å². The van der Waals surface area contributed by atoms with Crippen LogP contribution < -0.4 is 10.6 Å². The second-order valence-electron chi connectivity index (χ2n) is 4.38. The zero-order valence-electron chi connectivity index (χ0n) is 11.7. The van der Waals surface area contributed by atoms with Crippen LogP contribution in [0.15, 0.2) is 56.4 Å². The minimum Gasteiger partial charge on any atom is -0.467 e. The van der Waals surface area contributed by atoms with Crippen LogP contribution in [0.3, 0.4) is 0 Å². The summed E-state index contributed by atoms with van der Waals surface area (Å²) in [6, 6.07) is 11.2. The first-order valence-electron chi connectivity index (χ1n) is 6.57. The van der Waals surface area contributed by atoms with Crippen LogP contribution in [0.4, 0.5) is 0 Å². The maximum Gasteiger partial charge on any atom is 0.239 e. The number of carbonyl (C=O) groups is 2. The molecule has 0 spiro atoms. The number of thioether (sulfide) groups is 1. The third-order valence-corrected chi connectivity index (χ3v) is 4.21. The molecule has 2 rings (SSSR count). The summed E-state index contributed by atoms with van der Waals surface area (Å²) in [6.07, 6.45) is 1.54. The standard InChI is InChI=1S/C15H15BrN2O3S/c16-11-3-5-13(6-4-11)22-10-15(20)18-9-14(19)17-8-12-2-1-7-21-12/h1-7H,8-10H2,(H,17,19)(H,18,20). The molecule has 2 aromatic rings. The zero-order chi connectivity index (χ0) is 15.8. The Morgan fingerprint density at radius 1 is 1.09 bits per heavy atom. The first kappa shape index (κ1) is 16.6. The normalized spacial score (nSPS) is 10.2. The monoisotopic (exact) mass is 382 g/mol. The third-order valence-electron chi connectivity index (χ3n) is 2.67. The van der Waals surface area contributed by atoms with Gasteiger partial charge in [0.2, 0.25) is 11.8 Å². The number of hydrogen-bond donors (Lipinski definition) is 2. The lowest BCUT2D eigenvalue weighted by Gasteiger charge is -2.06. The van der Waals surface area contributed by atoms with E-state index in [0.717, 1.165) is 9.37 Å². The van der Waals surface area contributed by atoms with Gasteiger partial charge in [-0.1, -0.05) is 15.9 Å². The molecule has 1 heterocycles. The van der Waals surface area contributed by atoms with E-state index in [0.29, 0.717) is 12.3 Å². The van der Waals surface area contributed by atoms with E-state index in [1.54, 1.807) is 18.4 Å². The minimum atomic E-state index is -0.251. The summed E-state index contributed by atoms with van der Waals surface area (Å²) in [5.74, 6) is 0.512. The number of hydrogen-bond acceptors (Lipinski definition) is 4. The Bertz CT molecular complexity index is 614. The fraction of sp³-hybridized carbons (Fsp3) is 0.200. The summed E-state index contributed by atoms with van der Waals surface area (Å²) in [4.78, 5) is 24.3. The summed E-state index contributed by atoms with van der Waals surface area (Å²) in [6.45, 7) is 0.274. The SMILES string of the molecule is O=C(CNC(=O)CSc1ccc(Br)cc1)NCc1ccco1. The molecule has 0 bridgehead atoms. The molecular weight excluding hydrogens is 368 g/mol. The average molecular weight is 383 g/mol. The average Bonchev–Trinajstić information content (AvgIpc) is 3.04. The Kier molecular flexibility index (Phi) is 6.54. The number of furan rings is 1. The Morgan fingerprint density at radius 2 is 1.86 bits per heavy atom. The van der Waals surface area contributed by atoms with Crippen LogP contribution in [0.1, 0.15) is 5.76 Å². The molecule has 0 fully saturated rings. The maximum absolute atomic E-state index is 11.7. The van der Waals surface area contributed by atoms with Crippen molar-refractivity contribution in [3.05, 3.63) is 52.9 Å². The molecular formula is C15H15BrN2O3S. The molecule has 2 amide bonds. The summed E-state index contributed by atoms with van der Waals surface area (Å²) in [5, 5.41) is 5.24. The summed E-state index contributed by atoms with van der Waals surface area (Å²) in [5.41, 5.74) is 0. The molecule has 5 nitrogen and oxygen atoms in total. The number of carbonyl (C=O) groups excluding carboxylic acids is 2. The Balaban J connectivity index is 1.62. The summed E-state index contributed by atoms with van der Waals surface area (Å²) in [7, 11) is 0. The first-order chi connectivity index (χ1) is 10.6. The van der Waals surface area contributed by atoms with E-state index in [4.69, 9.17) is 4.42 Å². The van der Waals surface area contributed by atoms with Crippen molar-refractivity contribution in [2.75, 3.05) is 12.3 Å². The molecule has 0 aliphatic carbocycles. The quantitative estimate of drug-likeness (QED) is 0.721. The second kappa shape index (κ2) is 8.65. The molecule has 2 N–H and O–H groups in total. The van der Waals surface area contributed by atoms with Gasteiger partial charge in [0.05, 0.1) is 25.1 Å². The van der Waals surface area contributed by atoms with Crippen molar-refractivity contribution in [2.45, 2.75) is 11.4 Å². The molecule has 0 aliphatic rings. The molecule has 1 aromatic heterocycles. The van der Waals surface area contributed by atoms with Crippen molar-refractivity contribution < 1.29 is 14.0 Å². The van der Waals surface area contributed by atoms with Crippen molar-refractivity contribution in [1.29, 1.82) is 0 Å². The van der Waals surface area contributed by atoms with E-state index in [2.05, 4.69) is 26.6 Å². The van der Waals surface area contributed by atoms with Crippen LogP contribution in [0, 0.1) is 0 Å². The largest absolute Gasteiger partial charge is 0.467 e. The Morgan fingerprint density at radius 3 is 2.55 bits per heavy atom. The highest BCUT2D eigenvalue weighted by molar-refractivity contribution is 9.10. The van der Waals surface area contributed by atoms with Crippen molar-refractivity contribution >= 4 is 39.5 Å². The highest BCUT2D eigenvalue weighted by Crippen LogP contribution is 2.20. The van der Waals surface area contributed by atoms with Crippen LogP contribution in [0.25, 0.3) is 0 Å². The van der Waals surface area contributed by atoms with Gasteiger partial charge in [0.25, 0.3) is 0 Å². The van der Waals surface area contributed by atoms with Gasteiger partial charge < -0.3 is 15.1 Å². The lowest BCUT2D eigenvalue weighted by molar-refractivity contribution is -0.124. The van der Waals surface area contributed by atoms with Crippen LogP contribution in [-0.4, -0.2) is 24.1 Å². The number of rotatable bonds is 7. The molecule has 0 unspecified atom stereocenters. The van der Waals surface area contributed by atoms with Crippen molar-refractivity contribution in [3.8, 4) is 0 Å². The fourth-order valence-corrected chi connectivity index (χ4v) is 2.56. The second-order valence-corrected chi connectivity index (χ2v) is 6.34. The van der Waals surface area contributed by atoms with Gasteiger partial charge in [-0.15, -0.1) is 11.8 Å². The van der Waals surface area contributed by atoms with E-state index in [-0.39, 0.29) is 24.1 Å². The van der Waals surface area contributed by atoms with Crippen molar-refractivity contribution in [2.24, 2.45) is 0 Å². The molecule has 0 saturated heterocycles. The highest BCUT2D eigenvalue weighted by atomic mass is 79.9. The topological polar surface area (TPSA) is 71.3 Å². The van der Waals surface area contributed by atoms with Gasteiger partial charge in [-0.05, 0) is 36.4 Å². The number of nitrogens with one attached hydrogen (secondary N) is 2. The van der Waals surface area contributed by atoms with Gasteiger partial charge >= 0.3 is 0 Å². The third kappa shape index (κ3) is 5.95. The molecule has 0 saturated carbocycles.